The summed E-state index contributed by atoms with van der Waals surface area (Å²) >= 11 is 1.79. The molecule has 0 radical (unpaired) electrons. The monoisotopic (exact) mass is 223 g/mol. The molecule has 2 rings (SSSR count). The molecule has 0 bridgehead atoms. The Kier molecular flexibility index (Phi) is 3.86. The van der Waals surface area contributed by atoms with Crippen molar-refractivity contribution >= 4 is 17.4 Å². The van der Waals surface area contributed by atoms with Gasteiger partial charge in [-0.05, 0) is 44.0 Å². The molecule has 0 spiro atoms. The predicted molar refractivity (Wildman–Crippen MR) is 65.0 cm³/mol. The van der Waals surface area contributed by atoms with Crippen molar-refractivity contribution in [3.8, 4) is 0 Å². The second-order valence-electron chi connectivity index (χ2n) is 3.90. The number of pyridine rings is 1. The second-order valence-corrected chi connectivity index (χ2v) is 4.91. The zero-order chi connectivity index (χ0) is 10.5. The lowest BCUT2D eigenvalue weighted by Crippen LogP contribution is -2.28. The van der Waals surface area contributed by atoms with E-state index >= 15 is 0 Å². The molecule has 0 unspecified atom stereocenters. The molecule has 1 aromatic rings. The number of thioether (sulfide) groups is 1. The first-order valence-electron chi connectivity index (χ1n) is 5.40. The Morgan fingerprint density at radius 3 is 3.00 bits per heavy atom. The lowest BCUT2D eigenvalue weighted by atomic mass is 10.0. The van der Waals surface area contributed by atoms with Gasteiger partial charge in [-0.15, -0.1) is 11.8 Å². The summed E-state index contributed by atoms with van der Waals surface area (Å²) in [4.78, 5) is 4.29. The number of nitrogen functional groups attached to an aromatic ring is 1. The molecule has 0 saturated carbocycles. The van der Waals surface area contributed by atoms with E-state index in [1.807, 2.05) is 12.1 Å². The van der Waals surface area contributed by atoms with Crippen molar-refractivity contribution in [1.82, 2.24) is 10.3 Å². The minimum Gasteiger partial charge on any atom is -0.397 e. The molecule has 1 aromatic heterocycles. The van der Waals surface area contributed by atoms with E-state index in [-0.39, 0.29) is 0 Å². The highest BCUT2D eigenvalue weighted by Gasteiger charge is 2.13. The number of hydrogen-bond donors (Lipinski definition) is 2. The van der Waals surface area contributed by atoms with Crippen LogP contribution in [0.5, 0.6) is 0 Å². The molecule has 0 atom stereocenters. The van der Waals surface area contributed by atoms with Gasteiger partial charge in [0.05, 0.1) is 5.69 Å². The van der Waals surface area contributed by atoms with Gasteiger partial charge < -0.3 is 11.1 Å². The maximum absolute atomic E-state index is 5.84. The molecule has 1 fully saturated rings. The third-order valence-electron chi connectivity index (χ3n) is 2.72. The zero-order valence-corrected chi connectivity index (χ0v) is 9.59. The van der Waals surface area contributed by atoms with Crippen molar-refractivity contribution in [2.45, 2.75) is 17.9 Å². The number of nitrogens with one attached hydrogen (secondary N) is 1. The Morgan fingerprint density at radius 2 is 2.27 bits per heavy atom. The molecule has 3 nitrogen and oxygen atoms in total. The molecular weight excluding hydrogens is 206 g/mol. The minimum atomic E-state index is 0.802. The Balaban J connectivity index is 1.84. The average Bonchev–Trinajstić information content (AvgIpc) is 2.29. The summed E-state index contributed by atoms with van der Waals surface area (Å²) in [5, 5.41) is 4.36. The van der Waals surface area contributed by atoms with E-state index in [0.29, 0.717) is 0 Å². The number of anilines is 1. The van der Waals surface area contributed by atoms with Crippen molar-refractivity contribution in [3.05, 3.63) is 18.3 Å². The van der Waals surface area contributed by atoms with E-state index in [1.165, 1.54) is 12.8 Å². The summed E-state index contributed by atoms with van der Waals surface area (Å²) in [6.07, 6.45) is 4.36. The summed E-state index contributed by atoms with van der Waals surface area (Å²) in [6.45, 7) is 2.31. The molecule has 2 heterocycles. The van der Waals surface area contributed by atoms with Gasteiger partial charge in [0, 0.05) is 11.9 Å². The van der Waals surface area contributed by atoms with Crippen molar-refractivity contribution < 1.29 is 0 Å². The summed E-state index contributed by atoms with van der Waals surface area (Å²) < 4.78 is 0. The standard InChI is InChI=1S/C11H17N3S/c12-10-2-1-5-14-11(10)15-8-9-3-6-13-7-4-9/h1-2,5,9,13H,3-4,6-8,12H2. The molecule has 1 aliphatic rings. The SMILES string of the molecule is Nc1cccnc1SCC1CCNCC1. The molecule has 0 aromatic carbocycles. The van der Waals surface area contributed by atoms with Crippen LogP contribution < -0.4 is 11.1 Å². The fraction of sp³-hybridized carbons (Fsp3) is 0.545. The minimum absolute atomic E-state index is 0.802. The summed E-state index contributed by atoms with van der Waals surface area (Å²) in [5.74, 6) is 1.96. The fourth-order valence-electron chi connectivity index (χ4n) is 1.77. The fourth-order valence-corrected chi connectivity index (χ4v) is 2.87. The van der Waals surface area contributed by atoms with Crippen molar-refractivity contribution in [2.75, 3.05) is 24.6 Å². The predicted octanol–water partition coefficient (Wildman–Crippen LogP) is 1.76. The first-order valence-corrected chi connectivity index (χ1v) is 6.39. The van der Waals surface area contributed by atoms with Crippen LogP contribution in [0.4, 0.5) is 5.69 Å². The van der Waals surface area contributed by atoms with Gasteiger partial charge in [-0.1, -0.05) is 0 Å². The number of nitrogens with two attached hydrogens (primary N) is 1. The molecule has 1 aliphatic heterocycles. The molecule has 3 N–H and O–H groups in total. The Hall–Kier alpha value is -0.740. The Labute approximate surface area is 94.8 Å². The topological polar surface area (TPSA) is 50.9 Å². The van der Waals surface area contributed by atoms with Crippen LogP contribution in [0.3, 0.4) is 0 Å². The normalized spacial score (nSPS) is 17.9. The largest absolute Gasteiger partial charge is 0.397 e. The van der Waals surface area contributed by atoms with Crippen LogP contribution >= 0.6 is 11.8 Å². The highest BCUT2D eigenvalue weighted by molar-refractivity contribution is 7.99. The first-order chi connectivity index (χ1) is 7.36. The van der Waals surface area contributed by atoms with E-state index in [9.17, 15) is 0 Å². The van der Waals surface area contributed by atoms with Gasteiger partial charge in [0.15, 0.2) is 0 Å². The first kappa shape index (κ1) is 10.8. The zero-order valence-electron chi connectivity index (χ0n) is 8.78. The molecule has 4 heteroatoms. The number of hydrogen-bond acceptors (Lipinski definition) is 4. The highest BCUT2D eigenvalue weighted by Crippen LogP contribution is 2.26. The van der Waals surface area contributed by atoms with E-state index in [1.54, 1.807) is 18.0 Å². The van der Waals surface area contributed by atoms with Crippen LogP contribution in [-0.4, -0.2) is 23.8 Å². The lowest BCUT2D eigenvalue weighted by Gasteiger charge is -2.21. The van der Waals surface area contributed by atoms with Crippen molar-refractivity contribution in [3.63, 3.8) is 0 Å². The van der Waals surface area contributed by atoms with E-state index in [2.05, 4.69) is 10.3 Å². The van der Waals surface area contributed by atoms with Crippen LogP contribution in [0.2, 0.25) is 0 Å². The van der Waals surface area contributed by atoms with Gasteiger partial charge in [-0.25, -0.2) is 4.98 Å². The van der Waals surface area contributed by atoms with E-state index in [0.717, 1.165) is 35.5 Å². The van der Waals surface area contributed by atoms with Crippen LogP contribution in [0.1, 0.15) is 12.8 Å². The van der Waals surface area contributed by atoms with Gasteiger partial charge >= 0.3 is 0 Å². The van der Waals surface area contributed by atoms with Crippen molar-refractivity contribution in [2.24, 2.45) is 5.92 Å². The molecule has 82 valence electrons. The maximum Gasteiger partial charge on any atom is 0.119 e. The molecule has 0 aliphatic carbocycles. The molecule has 15 heavy (non-hydrogen) atoms. The third-order valence-corrected chi connectivity index (χ3v) is 3.97. The van der Waals surface area contributed by atoms with Crippen LogP contribution in [-0.2, 0) is 0 Å². The smallest absolute Gasteiger partial charge is 0.119 e. The molecular formula is C11H17N3S. The Bertz CT molecular complexity index is 310. The molecule has 0 amide bonds. The van der Waals surface area contributed by atoms with Crippen LogP contribution in [0.25, 0.3) is 0 Å². The highest BCUT2D eigenvalue weighted by atomic mass is 32.2. The van der Waals surface area contributed by atoms with Gasteiger partial charge in [0.25, 0.3) is 0 Å². The number of piperidine rings is 1. The van der Waals surface area contributed by atoms with E-state index < -0.39 is 0 Å². The number of nitrogens with zero attached hydrogens (tertiary/aromatic N) is 1. The summed E-state index contributed by atoms with van der Waals surface area (Å²) in [6, 6.07) is 3.79. The Morgan fingerprint density at radius 1 is 1.47 bits per heavy atom. The maximum atomic E-state index is 5.84. The quantitative estimate of drug-likeness (QED) is 0.767. The summed E-state index contributed by atoms with van der Waals surface area (Å²) in [5.41, 5.74) is 6.64. The van der Waals surface area contributed by atoms with Gasteiger partial charge in [0.2, 0.25) is 0 Å². The van der Waals surface area contributed by atoms with E-state index in [4.69, 9.17) is 5.73 Å². The number of aromatic nitrogens is 1. The van der Waals surface area contributed by atoms with Crippen molar-refractivity contribution in [1.29, 1.82) is 0 Å². The molecule has 1 saturated heterocycles. The van der Waals surface area contributed by atoms with Gasteiger partial charge in [0.1, 0.15) is 5.03 Å². The van der Waals surface area contributed by atoms with Crippen LogP contribution in [0, 0.1) is 5.92 Å². The van der Waals surface area contributed by atoms with Gasteiger partial charge in [-0.2, -0.15) is 0 Å². The van der Waals surface area contributed by atoms with Gasteiger partial charge in [-0.3, -0.25) is 0 Å². The third kappa shape index (κ3) is 3.11. The van der Waals surface area contributed by atoms with Crippen LogP contribution in [0.15, 0.2) is 23.4 Å². The number of rotatable bonds is 3. The average molecular weight is 223 g/mol. The summed E-state index contributed by atoms with van der Waals surface area (Å²) in [7, 11) is 0. The lowest BCUT2D eigenvalue weighted by molar-refractivity contribution is 0.408. The second kappa shape index (κ2) is 5.37.